The fraction of sp³-hybridized carbons (Fsp3) is 0.524. The number of amides is 1. The number of hydrogen-bond acceptors (Lipinski definition) is 5. The summed E-state index contributed by atoms with van der Waals surface area (Å²) in [5.41, 5.74) is 2.39. The van der Waals surface area contributed by atoms with Gasteiger partial charge in [-0.25, -0.2) is 4.79 Å². The lowest BCUT2D eigenvalue weighted by Gasteiger charge is -2.24. The van der Waals surface area contributed by atoms with Gasteiger partial charge in [0, 0.05) is 5.56 Å². The number of carbonyl (C=O) groups excluding carboxylic acids is 1. The van der Waals surface area contributed by atoms with Crippen molar-refractivity contribution in [1.29, 1.82) is 0 Å². The number of hydrogen-bond donors (Lipinski definition) is 2. The number of quaternary nitrogens is 1. The van der Waals surface area contributed by atoms with Gasteiger partial charge >= 0.3 is 5.63 Å². The van der Waals surface area contributed by atoms with Crippen molar-refractivity contribution >= 4 is 16.9 Å². The molecule has 2 heterocycles. The van der Waals surface area contributed by atoms with Gasteiger partial charge in [0.1, 0.15) is 24.4 Å². The van der Waals surface area contributed by atoms with Gasteiger partial charge < -0.3 is 24.1 Å². The predicted molar refractivity (Wildman–Crippen MR) is 106 cm³/mol. The van der Waals surface area contributed by atoms with Gasteiger partial charge in [-0.3, -0.25) is 4.79 Å². The van der Waals surface area contributed by atoms with E-state index in [4.69, 9.17) is 13.9 Å². The van der Waals surface area contributed by atoms with Crippen LogP contribution in [-0.4, -0.2) is 51.4 Å². The summed E-state index contributed by atoms with van der Waals surface area (Å²) in [6, 6.07) is 3.68. The van der Waals surface area contributed by atoms with Gasteiger partial charge in [-0.1, -0.05) is 0 Å². The van der Waals surface area contributed by atoms with Crippen LogP contribution in [-0.2, 0) is 9.53 Å². The van der Waals surface area contributed by atoms with E-state index in [9.17, 15) is 9.59 Å². The first kappa shape index (κ1) is 20.4. The highest BCUT2D eigenvalue weighted by atomic mass is 16.5. The summed E-state index contributed by atoms with van der Waals surface area (Å²) >= 11 is 0. The molecule has 0 radical (unpaired) electrons. The molecule has 0 bridgehead atoms. The Morgan fingerprint density at radius 3 is 2.64 bits per heavy atom. The largest absolute Gasteiger partial charge is 0.480 e. The second kappa shape index (κ2) is 8.75. The molecule has 2 aromatic rings. The van der Waals surface area contributed by atoms with Gasteiger partial charge in [0.15, 0.2) is 6.10 Å². The number of morpholine rings is 1. The topological polar surface area (TPSA) is 82.2 Å². The van der Waals surface area contributed by atoms with E-state index in [-0.39, 0.29) is 11.5 Å². The molecule has 2 N–H and O–H groups in total. The average molecular weight is 389 g/mol. The fourth-order valence-corrected chi connectivity index (χ4v) is 3.44. The molecule has 7 heteroatoms. The van der Waals surface area contributed by atoms with Crippen LogP contribution in [0.15, 0.2) is 21.3 Å². The maximum absolute atomic E-state index is 12.5. The highest BCUT2D eigenvalue weighted by Gasteiger charge is 2.20. The second-order valence-corrected chi connectivity index (χ2v) is 7.44. The first-order chi connectivity index (χ1) is 13.4. The lowest BCUT2D eigenvalue weighted by atomic mass is 10.0. The minimum absolute atomic E-state index is 0.158. The molecule has 1 aromatic heterocycles. The van der Waals surface area contributed by atoms with Gasteiger partial charge in [-0.2, -0.15) is 0 Å². The SMILES string of the molecule is Cc1cc(O[C@@H](C)C(=O)NCC[NH+]2CCOCC2)c2c(C)c(C)c(=O)oc2c1. The molecule has 3 rings (SSSR count). The normalized spacial score (nSPS) is 16.1. The third-order valence-corrected chi connectivity index (χ3v) is 5.31. The number of fused-ring (bicyclic) bond motifs is 1. The highest BCUT2D eigenvalue weighted by molar-refractivity contribution is 5.89. The molecular weight excluding hydrogens is 360 g/mol. The number of aryl methyl sites for hydroxylation is 2. The molecule has 0 saturated carbocycles. The van der Waals surface area contributed by atoms with Crippen molar-refractivity contribution < 1.29 is 23.6 Å². The molecule has 0 unspecified atom stereocenters. The smallest absolute Gasteiger partial charge is 0.339 e. The molecule has 0 aliphatic carbocycles. The summed E-state index contributed by atoms with van der Waals surface area (Å²) in [6.45, 7) is 12.2. The Labute approximate surface area is 164 Å². The summed E-state index contributed by atoms with van der Waals surface area (Å²) in [7, 11) is 0. The third kappa shape index (κ3) is 4.54. The van der Waals surface area contributed by atoms with Crippen LogP contribution < -0.4 is 20.6 Å². The van der Waals surface area contributed by atoms with Gasteiger partial charge in [-0.05, 0) is 51.0 Å². The van der Waals surface area contributed by atoms with Crippen molar-refractivity contribution in [3.8, 4) is 5.75 Å². The number of carbonyl (C=O) groups is 1. The number of rotatable bonds is 6. The van der Waals surface area contributed by atoms with Crippen LogP contribution in [0.5, 0.6) is 5.75 Å². The van der Waals surface area contributed by atoms with Gasteiger partial charge in [0.25, 0.3) is 5.91 Å². The molecule has 1 aromatic carbocycles. The molecule has 1 aliphatic heterocycles. The van der Waals surface area contributed by atoms with E-state index in [1.165, 1.54) is 4.90 Å². The molecule has 1 fully saturated rings. The van der Waals surface area contributed by atoms with E-state index in [0.717, 1.165) is 49.4 Å². The molecule has 1 saturated heterocycles. The van der Waals surface area contributed by atoms with E-state index in [2.05, 4.69) is 5.32 Å². The van der Waals surface area contributed by atoms with Gasteiger partial charge in [-0.15, -0.1) is 0 Å². The van der Waals surface area contributed by atoms with Gasteiger partial charge in [0.05, 0.1) is 31.7 Å². The maximum atomic E-state index is 12.5. The van der Waals surface area contributed by atoms with Crippen LogP contribution in [0.1, 0.15) is 23.6 Å². The Bertz CT molecular complexity index is 915. The second-order valence-electron chi connectivity index (χ2n) is 7.44. The lowest BCUT2D eigenvalue weighted by molar-refractivity contribution is -0.906. The fourth-order valence-electron chi connectivity index (χ4n) is 3.44. The summed E-state index contributed by atoms with van der Waals surface area (Å²) in [6.07, 6.45) is -0.656. The Morgan fingerprint density at radius 1 is 1.21 bits per heavy atom. The lowest BCUT2D eigenvalue weighted by Crippen LogP contribution is -3.14. The maximum Gasteiger partial charge on any atom is 0.339 e. The van der Waals surface area contributed by atoms with E-state index >= 15 is 0 Å². The average Bonchev–Trinajstić information content (AvgIpc) is 2.66. The van der Waals surface area contributed by atoms with E-state index in [1.54, 1.807) is 13.8 Å². The Hall–Kier alpha value is -2.38. The van der Waals surface area contributed by atoms with E-state index in [1.807, 2.05) is 26.0 Å². The number of benzene rings is 1. The van der Waals surface area contributed by atoms with Crippen molar-refractivity contribution in [3.05, 3.63) is 39.2 Å². The van der Waals surface area contributed by atoms with Crippen molar-refractivity contribution in [1.82, 2.24) is 5.32 Å². The third-order valence-electron chi connectivity index (χ3n) is 5.31. The van der Waals surface area contributed by atoms with Crippen molar-refractivity contribution in [2.75, 3.05) is 39.4 Å². The van der Waals surface area contributed by atoms with Crippen molar-refractivity contribution in [3.63, 3.8) is 0 Å². The first-order valence-electron chi connectivity index (χ1n) is 9.77. The summed E-state index contributed by atoms with van der Waals surface area (Å²) in [5, 5.41) is 3.68. The minimum Gasteiger partial charge on any atom is -0.480 e. The highest BCUT2D eigenvalue weighted by Crippen LogP contribution is 2.31. The van der Waals surface area contributed by atoms with Crippen LogP contribution in [0.3, 0.4) is 0 Å². The van der Waals surface area contributed by atoms with E-state index < -0.39 is 6.10 Å². The van der Waals surface area contributed by atoms with Crippen LogP contribution in [0.4, 0.5) is 0 Å². The Morgan fingerprint density at radius 2 is 1.93 bits per heavy atom. The molecule has 7 nitrogen and oxygen atoms in total. The summed E-state index contributed by atoms with van der Waals surface area (Å²) in [4.78, 5) is 25.9. The zero-order valence-corrected chi connectivity index (χ0v) is 17.0. The van der Waals surface area contributed by atoms with Gasteiger partial charge in [0.2, 0.25) is 0 Å². The molecule has 152 valence electrons. The van der Waals surface area contributed by atoms with Crippen molar-refractivity contribution in [2.45, 2.75) is 33.8 Å². The summed E-state index contributed by atoms with van der Waals surface area (Å²) in [5.74, 6) is 0.398. The summed E-state index contributed by atoms with van der Waals surface area (Å²) < 4.78 is 16.8. The monoisotopic (exact) mass is 389 g/mol. The zero-order chi connectivity index (χ0) is 20.3. The standard InChI is InChI=1S/C21H28N2O5/c1-13-11-17(19-14(2)15(3)21(25)28-18(19)12-13)27-16(4)20(24)22-5-6-23-7-9-26-10-8-23/h11-12,16H,5-10H2,1-4H3,(H,22,24)/p+1/t16-/m0/s1. The Balaban J connectivity index is 1.70. The predicted octanol–water partition coefficient (Wildman–Crippen LogP) is 0.517. The Kier molecular flexibility index (Phi) is 6.36. The van der Waals surface area contributed by atoms with Crippen LogP contribution in [0.2, 0.25) is 0 Å². The van der Waals surface area contributed by atoms with Crippen LogP contribution >= 0.6 is 0 Å². The van der Waals surface area contributed by atoms with E-state index in [0.29, 0.717) is 23.4 Å². The molecule has 1 atom stereocenters. The molecule has 1 aliphatic rings. The number of nitrogens with one attached hydrogen (secondary N) is 2. The first-order valence-corrected chi connectivity index (χ1v) is 9.77. The molecule has 0 spiro atoms. The van der Waals surface area contributed by atoms with Crippen molar-refractivity contribution in [2.24, 2.45) is 0 Å². The molecule has 1 amide bonds. The molecular formula is C21H29N2O5+. The molecule has 28 heavy (non-hydrogen) atoms. The van der Waals surface area contributed by atoms with Crippen LogP contribution in [0.25, 0.3) is 11.0 Å². The zero-order valence-electron chi connectivity index (χ0n) is 17.0. The van der Waals surface area contributed by atoms with Crippen LogP contribution in [0, 0.1) is 20.8 Å². The quantitative estimate of drug-likeness (QED) is 0.704. The number of ether oxygens (including phenoxy) is 2. The minimum atomic E-state index is -0.656.